The molecule has 0 radical (unpaired) electrons. The summed E-state index contributed by atoms with van der Waals surface area (Å²) in [5, 5.41) is 13.4. The van der Waals surface area contributed by atoms with E-state index in [-0.39, 0.29) is 24.9 Å². The van der Waals surface area contributed by atoms with Crippen molar-refractivity contribution >= 4 is 34.0 Å². The second-order valence-electron chi connectivity index (χ2n) is 5.79. The van der Waals surface area contributed by atoms with Crippen LogP contribution in [0.15, 0.2) is 17.6 Å². The average Bonchev–Trinajstić information content (AvgIpc) is 2.95. The Labute approximate surface area is 145 Å². The number of anilines is 2. The molecule has 0 aliphatic rings. The minimum Gasteiger partial charge on any atom is -0.324 e. The van der Waals surface area contributed by atoms with Gasteiger partial charge in [0, 0.05) is 5.69 Å². The van der Waals surface area contributed by atoms with Crippen LogP contribution in [0.2, 0.25) is 0 Å². The number of amides is 2. The highest BCUT2D eigenvalue weighted by molar-refractivity contribution is 7.13. The highest BCUT2D eigenvalue weighted by atomic mass is 32.1. The fourth-order valence-electron chi connectivity index (χ4n) is 2.49. The van der Waals surface area contributed by atoms with E-state index >= 15 is 0 Å². The van der Waals surface area contributed by atoms with Gasteiger partial charge in [0.1, 0.15) is 5.51 Å². The molecule has 0 bridgehead atoms. The van der Waals surface area contributed by atoms with E-state index in [4.69, 9.17) is 0 Å². The molecule has 2 aromatic rings. The molecule has 2 amide bonds. The number of hydrogen-bond acceptors (Lipinski definition) is 6. The van der Waals surface area contributed by atoms with Gasteiger partial charge in [-0.25, -0.2) is 0 Å². The summed E-state index contributed by atoms with van der Waals surface area (Å²) in [5.74, 6) is -0.388. The Hall–Kier alpha value is -2.32. The summed E-state index contributed by atoms with van der Waals surface area (Å²) in [4.78, 5) is 25.7. The van der Waals surface area contributed by atoms with Gasteiger partial charge in [-0.3, -0.25) is 19.8 Å². The number of carbonyl (C=O) groups excluding carboxylic acids is 2. The first kappa shape index (κ1) is 18.0. The van der Waals surface area contributed by atoms with E-state index < -0.39 is 0 Å². The van der Waals surface area contributed by atoms with Gasteiger partial charge in [0.05, 0.1) is 13.1 Å². The molecule has 0 fully saturated rings. The Morgan fingerprint density at radius 2 is 1.67 bits per heavy atom. The number of hydrogen-bond donors (Lipinski definition) is 2. The van der Waals surface area contributed by atoms with Crippen LogP contribution >= 0.6 is 11.3 Å². The Kier molecular flexibility index (Phi) is 5.99. The number of rotatable bonds is 6. The van der Waals surface area contributed by atoms with E-state index in [1.165, 1.54) is 11.3 Å². The van der Waals surface area contributed by atoms with Crippen molar-refractivity contribution in [2.24, 2.45) is 0 Å². The molecule has 0 atom stereocenters. The van der Waals surface area contributed by atoms with E-state index in [2.05, 4.69) is 20.8 Å². The lowest BCUT2D eigenvalue weighted by Crippen LogP contribution is -2.36. The zero-order chi connectivity index (χ0) is 17.7. The van der Waals surface area contributed by atoms with Gasteiger partial charge in [0.25, 0.3) is 0 Å². The molecule has 8 heteroatoms. The lowest BCUT2D eigenvalue weighted by atomic mass is 10.1. The van der Waals surface area contributed by atoms with Gasteiger partial charge in [-0.05, 0) is 38.9 Å². The molecule has 128 valence electrons. The van der Waals surface area contributed by atoms with Crippen LogP contribution in [0, 0.1) is 20.8 Å². The van der Waals surface area contributed by atoms with Crippen LogP contribution in [0.3, 0.4) is 0 Å². The van der Waals surface area contributed by atoms with Gasteiger partial charge < -0.3 is 5.32 Å². The molecule has 0 aliphatic carbocycles. The SMILES string of the molecule is Cc1cc(C)c(NC(=O)CN(C)CC(=O)Nc2nncs2)c(C)c1. The Bertz CT molecular complexity index is 707. The first-order valence-corrected chi connectivity index (χ1v) is 8.35. The zero-order valence-corrected chi connectivity index (χ0v) is 15.0. The van der Waals surface area contributed by atoms with Crippen LogP contribution in [0.25, 0.3) is 0 Å². The first-order chi connectivity index (χ1) is 11.3. The van der Waals surface area contributed by atoms with E-state index in [1.807, 2.05) is 32.9 Å². The maximum atomic E-state index is 12.2. The van der Waals surface area contributed by atoms with Gasteiger partial charge >= 0.3 is 0 Å². The topological polar surface area (TPSA) is 87.2 Å². The normalized spacial score (nSPS) is 10.7. The summed E-state index contributed by atoms with van der Waals surface area (Å²) in [6.07, 6.45) is 0. The molecule has 0 saturated carbocycles. The standard InChI is InChI=1S/C16H21N5O2S/c1-10-5-11(2)15(12(3)6-10)18-13(22)7-21(4)8-14(23)19-16-20-17-9-24-16/h5-6,9H,7-8H2,1-4H3,(H,18,22)(H,19,20,23). The maximum absolute atomic E-state index is 12.2. The van der Waals surface area contributed by atoms with Crippen molar-refractivity contribution in [3.8, 4) is 0 Å². The summed E-state index contributed by atoms with van der Waals surface area (Å²) in [7, 11) is 1.72. The fraction of sp³-hybridized carbons (Fsp3) is 0.375. The number of likely N-dealkylation sites (N-methyl/N-ethyl adjacent to an activating group) is 1. The number of nitrogens with one attached hydrogen (secondary N) is 2. The van der Waals surface area contributed by atoms with Crippen molar-refractivity contribution in [1.29, 1.82) is 0 Å². The molecule has 24 heavy (non-hydrogen) atoms. The minimum absolute atomic E-state index is 0.0961. The molecule has 2 N–H and O–H groups in total. The molecule has 7 nitrogen and oxygen atoms in total. The van der Waals surface area contributed by atoms with Crippen LogP contribution < -0.4 is 10.6 Å². The summed E-state index contributed by atoms with van der Waals surface area (Å²) in [6.45, 7) is 6.18. The van der Waals surface area contributed by atoms with Gasteiger partial charge in [-0.2, -0.15) is 0 Å². The summed E-state index contributed by atoms with van der Waals surface area (Å²) in [5.41, 5.74) is 5.58. The van der Waals surface area contributed by atoms with Gasteiger partial charge in [0.2, 0.25) is 16.9 Å². The number of nitrogens with zero attached hydrogens (tertiary/aromatic N) is 3. The van der Waals surface area contributed by atoms with Gasteiger partial charge in [-0.1, -0.05) is 29.0 Å². The highest BCUT2D eigenvalue weighted by Crippen LogP contribution is 2.21. The van der Waals surface area contributed by atoms with Crippen molar-refractivity contribution in [3.05, 3.63) is 34.3 Å². The second kappa shape index (κ2) is 7.98. The van der Waals surface area contributed by atoms with Crippen LogP contribution in [-0.2, 0) is 9.59 Å². The van der Waals surface area contributed by atoms with E-state index in [0.717, 1.165) is 22.4 Å². The average molecular weight is 347 g/mol. The molecule has 1 heterocycles. The minimum atomic E-state index is -0.232. The zero-order valence-electron chi connectivity index (χ0n) is 14.2. The largest absolute Gasteiger partial charge is 0.324 e. The van der Waals surface area contributed by atoms with Crippen LogP contribution in [0.5, 0.6) is 0 Å². The number of aromatic nitrogens is 2. The molecule has 0 saturated heterocycles. The van der Waals surface area contributed by atoms with Crippen molar-refractivity contribution in [2.45, 2.75) is 20.8 Å². The first-order valence-electron chi connectivity index (χ1n) is 7.47. The number of benzene rings is 1. The van der Waals surface area contributed by atoms with Crippen LogP contribution in [0.4, 0.5) is 10.8 Å². The van der Waals surface area contributed by atoms with Crippen LogP contribution in [0.1, 0.15) is 16.7 Å². The lowest BCUT2D eigenvalue weighted by Gasteiger charge is -2.17. The smallest absolute Gasteiger partial charge is 0.240 e. The molecule has 0 unspecified atom stereocenters. The summed E-state index contributed by atoms with van der Waals surface area (Å²) in [6, 6.07) is 4.06. The Morgan fingerprint density at radius 3 is 2.21 bits per heavy atom. The molecular weight excluding hydrogens is 326 g/mol. The van der Waals surface area contributed by atoms with E-state index in [9.17, 15) is 9.59 Å². The summed E-state index contributed by atoms with van der Waals surface area (Å²) >= 11 is 1.25. The van der Waals surface area contributed by atoms with Gasteiger partial charge in [0.15, 0.2) is 0 Å². The van der Waals surface area contributed by atoms with Crippen molar-refractivity contribution in [3.63, 3.8) is 0 Å². The second-order valence-corrected chi connectivity index (χ2v) is 6.62. The Morgan fingerprint density at radius 1 is 1.08 bits per heavy atom. The third-order valence-electron chi connectivity index (χ3n) is 3.37. The molecule has 0 aliphatic heterocycles. The number of aryl methyl sites for hydroxylation is 3. The quantitative estimate of drug-likeness (QED) is 0.834. The molecule has 2 rings (SSSR count). The monoisotopic (exact) mass is 347 g/mol. The maximum Gasteiger partial charge on any atom is 0.240 e. The molecule has 0 spiro atoms. The van der Waals surface area contributed by atoms with Crippen LogP contribution in [-0.4, -0.2) is 47.0 Å². The molecule has 1 aromatic carbocycles. The molecular formula is C16H21N5O2S. The Balaban J connectivity index is 1.86. The summed E-state index contributed by atoms with van der Waals surface area (Å²) < 4.78 is 0. The predicted octanol–water partition coefficient (Wildman–Crippen LogP) is 1.97. The molecule has 1 aromatic heterocycles. The highest BCUT2D eigenvalue weighted by Gasteiger charge is 2.13. The van der Waals surface area contributed by atoms with Crippen molar-refractivity contribution in [2.75, 3.05) is 30.8 Å². The fourth-order valence-corrected chi connectivity index (χ4v) is 2.95. The third-order valence-corrected chi connectivity index (χ3v) is 3.98. The van der Waals surface area contributed by atoms with Crippen molar-refractivity contribution in [1.82, 2.24) is 15.1 Å². The number of carbonyl (C=O) groups is 2. The third kappa shape index (κ3) is 5.10. The van der Waals surface area contributed by atoms with Crippen molar-refractivity contribution < 1.29 is 9.59 Å². The van der Waals surface area contributed by atoms with Gasteiger partial charge in [-0.15, -0.1) is 10.2 Å². The van der Waals surface area contributed by atoms with E-state index in [0.29, 0.717) is 5.13 Å². The lowest BCUT2D eigenvalue weighted by molar-refractivity contribution is -0.119. The van der Waals surface area contributed by atoms with E-state index in [1.54, 1.807) is 17.5 Å². The predicted molar refractivity (Wildman–Crippen MR) is 95.3 cm³/mol.